The summed E-state index contributed by atoms with van der Waals surface area (Å²) in [6.07, 6.45) is 5.13. The number of rotatable bonds is 6. The van der Waals surface area contributed by atoms with Gasteiger partial charge in [-0.25, -0.2) is 9.37 Å². The van der Waals surface area contributed by atoms with Crippen molar-refractivity contribution in [3.05, 3.63) is 71.4 Å². The molecular weight excluding hydrogens is 379 g/mol. The molecule has 0 saturated carbocycles. The van der Waals surface area contributed by atoms with E-state index in [-0.39, 0.29) is 18.3 Å². The largest absolute Gasteiger partial charge is 0.482 e. The summed E-state index contributed by atoms with van der Waals surface area (Å²) in [6.45, 7) is 2.32. The SMILES string of the molecule is Cc1c(CNC(=O)COc2cccnc2)sc2nc(-c3ccc(F)cc3)cn12. The molecule has 142 valence electrons. The van der Waals surface area contributed by atoms with Crippen molar-refractivity contribution in [1.29, 1.82) is 0 Å². The Morgan fingerprint density at radius 1 is 1.29 bits per heavy atom. The summed E-state index contributed by atoms with van der Waals surface area (Å²) in [5, 5.41) is 2.86. The van der Waals surface area contributed by atoms with Crippen molar-refractivity contribution in [2.24, 2.45) is 0 Å². The van der Waals surface area contributed by atoms with Crippen molar-refractivity contribution in [3.63, 3.8) is 0 Å². The number of hydrogen-bond acceptors (Lipinski definition) is 5. The molecular formula is C20H17FN4O2S. The van der Waals surface area contributed by atoms with Gasteiger partial charge in [-0.05, 0) is 43.3 Å². The lowest BCUT2D eigenvalue weighted by Gasteiger charge is -2.06. The molecule has 0 radical (unpaired) electrons. The molecule has 4 aromatic rings. The van der Waals surface area contributed by atoms with E-state index in [4.69, 9.17) is 4.74 Å². The number of nitrogens with one attached hydrogen (secondary N) is 1. The van der Waals surface area contributed by atoms with E-state index in [1.807, 2.05) is 17.5 Å². The van der Waals surface area contributed by atoms with Crippen LogP contribution in [0.3, 0.4) is 0 Å². The van der Waals surface area contributed by atoms with Gasteiger partial charge in [0, 0.05) is 28.5 Å². The van der Waals surface area contributed by atoms with E-state index in [1.54, 1.807) is 36.7 Å². The molecule has 1 aromatic carbocycles. The highest BCUT2D eigenvalue weighted by Gasteiger charge is 2.13. The second-order valence-electron chi connectivity index (χ2n) is 6.15. The zero-order chi connectivity index (χ0) is 19.5. The maximum atomic E-state index is 13.1. The third-order valence-corrected chi connectivity index (χ3v) is 5.40. The van der Waals surface area contributed by atoms with E-state index in [0.717, 1.165) is 26.8 Å². The first-order valence-electron chi connectivity index (χ1n) is 8.63. The molecule has 3 aromatic heterocycles. The van der Waals surface area contributed by atoms with E-state index in [2.05, 4.69) is 15.3 Å². The van der Waals surface area contributed by atoms with Crippen LogP contribution in [0.2, 0.25) is 0 Å². The molecule has 8 heteroatoms. The van der Waals surface area contributed by atoms with Crippen molar-refractivity contribution < 1.29 is 13.9 Å². The number of fused-ring (bicyclic) bond motifs is 1. The van der Waals surface area contributed by atoms with Crippen LogP contribution in [0, 0.1) is 12.7 Å². The van der Waals surface area contributed by atoms with E-state index in [0.29, 0.717) is 12.3 Å². The number of halogens is 1. The van der Waals surface area contributed by atoms with Gasteiger partial charge in [-0.1, -0.05) is 11.3 Å². The van der Waals surface area contributed by atoms with Gasteiger partial charge in [0.05, 0.1) is 18.4 Å². The van der Waals surface area contributed by atoms with Crippen molar-refractivity contribution in [2.75, 3.05) is 6.61 Å². The molecule has 4 rings (SSSR count). The molecule has 0 spiro atoms. The molecule has 1 amide bonds. The highest BCUT2D eigenvalue weighted by molar-refractivity contribution is 7.17. The number of aryl methyl sites for hydroxylation is 1. The summed E-state index contributed by atoms with van der Waals surface area (Å²) in [5.74, 6) is 0.0736. The second kappa shape index (κ2) is 7.77. The summed E-state index contributed by atoms with van der Waals surface area (Å²) < 4.78 is 20.5. The molecule has 0 saturated heterocycles. The van der Waals surface area contributed by atoms with Crippen LogP contribution in [0.15, 0.2) is 55.0 Å². The molecule has 0 atom stereocenters. The van der Waals surface area contributed by atoms with E-state index in [9.17, 15) is 9.18 Å². The van der Waals surface area contributed by atoms with Crippen LogP contribution in [0.1, 0.15) is 10.6 Å². The highest BCUT2D eigenvalue weighted by atomic mass is 32.1. The Hall–Kier alpha value is -3.26. The average molecular weight is 396 g/mol. The van der Waals surface area contributed by atoms with E-state index >= 15 is 0 Å². The normalized spacial score (nSPS) is 10.9. The van der Waals surface area contributed by atoms with E-state index < -0.39 is 0 Å². The van der Waals surface area contributed by atoms with Crippen molar-refractivity contribution >= 4 is 22.2 Å². The lowest BCUT2D eigenvalue weighted by atomic mass is 10.2. The number of carbonyl (C=O) groups excluding carboxylic acids is 1. The third-order valence-electron chi connectivity index (χ3n) is 4.24. The zero-order valence-electron chi connectivity index (χ0n) is 15.1. The van der Waals surface area contributed by atoms with Crippen molar-refractivity contribution in [2.45, 2.75) is 13.5 Å². The van der Waals surface area contributed by atoms with Gasteiger partial charge in [0.2, 0.25) is 0 Å². The number of nitrogens with zero attached hydrogens (tertiary/aromatic N) is 3. The first-order valence-corrected chi connectivity index (χ1v) is 9.44. The van der Waals surface area contributed by atoms with Gasteiger partial charge in [-0.3, -0.25) is 14.2 Å². The van der Waals surface area contributed by atoms with E-state index in [1.165, 1.54) is 23.5 Å². The second-order valence-corrected chi connectivity index (χ2v) is 7.21. The monoisotopic (exact) mass is 396 g/mol. The Balaban J connectivity index is 1.40. The fourth-order valence-corrected chi connectivity index (χ4v) is 3.77. The van der Waals surface area contributed by atoms with Crippen molar-refractivity contribution in [3.8, 4) is 17.0 Å². The number of imidazole rings is 1. The van der Waals surface area contributed by atoms with Gasteiger partial charge in [-0.15, -0.1) is 0 Å². The minimum atomic E-state index is -0.272. The Labute approximate surface area is 164 Å². The highest BCUT2D eigenvalue weighted by Crippen LogP contribution is 2.27. The average Bonchev–Trinajstić information content (AvgIpc) is 3.25. The van der Waals surface area contributed by atoms with Gasteiger partial charge >= 0.3 is 0 Å². The van der Waals surface area contributed by atoms with Gasteiger partial charge in [-0.2, -0.15) is 0 Å². The molecule has 1 N–H and O–H groups in total. The summed E-state index contributed by atoms with van der Waals surface area (Å²) >= 11 is 1.51. The number of pyridine rings is 1. The summed E-state index contributed by atoms with van der Waals surface area (Å²) in [5.41, 5.74) is 2.66. The van der Waals surface area contributed by atoms with Gasteiger partial charge in [0.15, 0.2) is 11.6 Å². The smallest absolute Gasteiger partial charge is 0.258 e. The van der Waals surface area contributed by atoms with Crippen LogP contribution in [0.4, 0.5) is 4.39 Å². The summed E-state index contributed by atoms with van der Waals surface area (Å²) in [6, 6.07) is 9.75. The Morgan fingerprint density at radius 3 is 2.82 bits per heavy atom. The number of amides is 1. The number of carbonyl (C=O) groups is 1. The zero-order valence-corrected chi connectivity index (χ0v) is 15.9. The lowest BCUT2D eigenvalue weighted by molar-refractivity contribution is -0.123. The Kier molecular flexibility index (Phi) is 5.03. The minimum absolute atomic E-state index is 0.0675. The Morgan fingerprint density at radius 2 is 2.11 bits per heavy atom. The van der Waals surface area contributed by atoms with Crippen LogP contribution in [-0.4, -0.2) is 26.9 Å². The van der Waals surface area contributed by atoms with Crippen LogP contribution in [0.5, 0.6) is 5.75 Å². The quantitative estimate of drug-likeness (QED) is 0.541. The van der Waals surface area contributed by atoms with Crippen LogP contribution in [-0.2, 0) is 11.3 Å². The Bertz CT molecular complexity index is 1110. The van der Waals surface area contributed by atoms with Crippen LogP contribution >= 0.6 is 11.3 Å². The molecule has 0 unspecified atom stereocenters. The lowest BCUT2D eigenvalue weighted by Crippen LogP contribution is -2.28. The van der Waals surface area contributed by atoms with Gasteiger partial charge in [0.25, 0.3) is 5.91 Å². The predicted octanol–water partition coefficient (Wildman–Crippen LogP) is 3.60. The molecule has 0 bridgehead atoms. The number of thiazole rings is 1. The topological polar surface area (TPSA) is 68.5 Å². The number of benzene rings is 1. The molecule has 0 aliphatic heterocycles. The maximum absolute atomic E-state index is 13.1. The number of hydrogen-bond donors (Lipinski definition) is 1. The standard InChI is InChI=1S/C20H17FN4O2S/c1-13-18(10-23-19(26)12-27-16-3-2-8-22-9-16)28-20-24-17(11-25(13)20)14-4-6-15(21)7-5-14/h2-9,11H,10,12H2,1H3,(H,23,26). The maximum Gasteiger partial charge on any atom is 0.258 e. The molecule has 0 aliphatic rings. The van der Waals surface area contributed by atoms with Gasteiger partial charge < -0.3 is 10.1 Å². The van der Waals surface area contributed by atoms with Crippen molar-refractivity contribution in [1.82, 2.24) is 19.7 Å². The van der Waals surface area contributed by atoms with Crippen LogP contribution in [0.25, 0.3) is 16.2 Å². The number of ether oxygens (including phenoxy) is 1. The van der Waals surface area contributed by atoms with Gasteiger partial charge in [0.1, 0.15) is 11.6 Å². The van der Waals surface area contributed by atoms with Crippen LogP contribution < -0.4 is 10.1 Å². The molecule has 3 heterocycles. The molecule has 0 aliphatic carbocycles. The third kappa shape index (κ3) is 3.86. The molecule has 6 nitrogen and oxygen atoms in total. The molecule has 28 heavy (non-hydrogen) atoms. The minimum Gasteiger partial charge on any atom is -0.482 e. The fourth-order valence-electron chi connectivity index (χ4n) is 2.73. The first kappa shape index (κ1) is 18.1. The molecule has 0 fully saturated rings. The summed E-state index contributed by atoms with van der Waals surface area (Å²) in [4.78, 5) is 22.4. The first-order chi connectivity index (χ1) is 13.6. The predicted molar refractivity (Wildman–Crippen MR) is 105 cm³/mol. The summed E-state index contributed by atoms with van der Waals surface area (Å²) in [7, 11) is 0. The fraction of sp³-hybridized carbons (Fsp3) is 0.150. The number of aromatic nitrogens is 3.